The molecule has 32 heavy (non-hydrogen) atoms. The van der Waals surface area contributed by atoms with E-state index < -0.39 is 0 Å². The number of nitrogens with zero attached hydrogens (tertiary/aromatic N) is 2. The number of ether oxygens (including phenoxy) is 2. The number of aliphatic imine (C=N–C) groups is 1. The van der Waals surface area contributed by atoms with Gasteiger partial charge in [0, 0.05) is 20.2 Å². The number of amides is 1. The zero-order valence-corrected chi connectivity index (χ0v) is 21.3. The predicted molar refractivity (Wildman–Crippen MR) is 135 cm³/mol. The molecule has 0 aliphatic carbocycles. The van der Waals surface area contributed by atoms with Gasteiger partial charge in [-0.25, -0.2) is 9.38 Å². The van der Waals surface area contributed by atoms with Crippen LogP contribution in [0.15, 0.2) is 53.5 Å². The number of nitrogens with one attached hydrogen (secondary N) is 2. The van der Waals surface area contributed by atoms with E-state index in [9.17, 15) is 9.18 Å². The lowest BCUT2D eigenvalue weighted by Gasteiger charge is -2.20. The van der Waals surface area contributed by atoms with Crippen molar-refractivity contribution in [2.24, 2.45) is 4.99 Å². The SMILES string of the molecule is CCC(CNC(=NCc1ccc(OC)cc1)NCC(=O)N(C)C)Oc1cccc(F)c1.I. The van der Waals surface area contributed by atoms with Crippen LogP contribution in [-0.2, 0) is 11.3 Å². The molecule has 2 N–H and O–H groups in total. The van der Waals surface area contributed by atoms with E-state index in [0.29, 0.717) is 31.2 Å². The lowest BCUT2D eigenvalue weighted by atomic mass is 10.2. The summed E-state index contributed by atoms with van der Waals surface area (Å²) in [6.07, 6.45) is 0.519. The van der Waals surface area contributed by atoms with Gasteiger partial charge in [0.2, 0.25) is 5.91 Å². The first kappa shape index (κ1) is 27.5. The maximum Gasteiger partial charge on any atom is 0.241 e. The number of halogens is 2. The standard InChI is InChI=1S/C23H31FN4O3.HI/c1-5-19(31-21-8-6-7-18(24)13-21)15-26-23(27-16-22(29)28(2)3)25-14-17-9-11-20(30-4)12-10-17;/h6-13,19H,5,14-16H2,1-4H3,(H2,25,26,27);1H. The zero-order valence-electron chi connectivity index (χ0n) is 18.9. The Bertz CT molecular complexity index is 863. The van der Waals surface area contributed by atoms with Gasteiger partial charge in [-0.15, -0.1) is 24.0 Å². The molecule has 2 aromatic carbocycles. The average Bonchev–Trinajstić information content (AvgIpc) is 2.77. The molecule has 1 amide bonds. The summed E-state index contributed by atoms with van der Waals surface area (Å²) in [4.78, 5) is 18.1. The summed E-state index contributed by atoms with van der Waals surface area (Å²) in [5, 5.41) is 6.27. The molecule has 9 heteroatoms. The Morgan fingerprint density at radius 2 is 1.84 bits per heavy atom. The van der Waals surface area contributed by atoms with Crippen LogP contribution in [0.1, 0.15) is 18.9 Å². The zero-order chi connectivity index (χ0) is 22.6. The smallest absolute Gasteiger partial charge is 0.241 e. The molecule has 2 aromatic rings. The molecular weight excluding hydrogens is 526 g/mol. The van der Waals surface area contributed by atoms with Crippen LogP contribution in [0.3, 0.4) is 0 Å². The van der Waals surface area contributed by atoms with Gasteiger partial charge in [0.05, 0.1) is 26.7 Å². The minimum atomic E-state index is -0.342. The minimum absolute atomic E-state index is 0. The molecule has 0 bridgehead atoms. The van der Waals surface area contributed by atoms with Crippen LogP contribution in [0, 0.1) is 5.82 Å². The summed E-state index contributed by atoms with van der Waals surface area (Å²) in [5.74, 6) is 1.34. The van der Waals surface area contributed by atoms with Gasteiger partial charge in [0.15, 0.2) is 5.96 Å². The van der Waals surface area contributed by atoms with E-state index in [4.69, 9.17) is 9.47 Å². The number of methoxy groups -OCH3 is 1. The van der Waals surface area contributed by atoms with Gasteiger partial charge in [-0.05, 0) is 36.2 Å². The number of benzene rings is 2. The molecule has 0 aromatic heterocycles. The van der Waals surface area contributed by atoms with E-state index >= 15 is 0 Å². The Kier molecular flexibility index (Phi) is 12.4. The molecule has 2 rings (SSSR count). The lowest BCUT2D eigenvalue weighted by molar-refractivity contribution is -0.127. The van der Waals surface area contributed by atoms with Crippen molar-refractivity contribution >= 4 is 35.8 Å². The van der Waals surface area contributed by atoms with Gasteiger partial charge in [0.25, 0.3) is 0 Å². The molecule has 0 heterocycles. The van der Waals surface area contributed by atoms with Crippen LogP contribution >= 0.6 is 24.0 Å². The van der Waals surface area contributed by atoms with Crippen LogP contribution in [0.5, 0.6) is 11.5 Å². The lowest BCUT2D eigenvalue weighted by Crippen LogP contribution is -2.45. The van der Waals surface area contributed by atoms with Gasteiger partial charge in [-0.1, -0.05) is 25.1 Å². The highest BCUT2D eigenvalue weighted by atomic mass is 127. The highest BCUT2D eigenvalue weighted by molar-refractivity contribution is 14.0. The first-order valence-corrected chi connectivity index (χ1v) is 10.2. The van der Waals surface area contributed by atoms with Crippen molar-refractivity contribution in [1.29, 1.82) is 0 Å². The molecule has 0 aliphatic heterocycles. The number of hydrogen-bond acceptors (Lipinski definition) is 4. The maximum absolute atomic E-state index is 13.4. The number of carbonyl (C=O) groups excluding carboxylic acids is 1. The first-order valence-electron chi connectivity index (χ1n) is 10.2. The molecule has 1 atom stereocenters. The van der Waals surface area contributed by atoms with Crippen LogP contribution in [0.25, 0.3) is 0 Å². The van der Waals surface area contributed by atoms with E-state index in [1.54, 1.807) is 33.3 Å². The van der Waals surface area contributed by atoms with E-state index in [1.165, 1.54) is 17.0 Å². The monoisotopic (exact) mass is 558 g/mol. The summed E-state index contributed by atoms with van der Waals surface area (Å²) in [6, 6.07) is 13.7. The fourth-order valence-corrected chi connectivity index (χ4v) is 2.61. The summed E-state index contributed by atoms with van der Waals surface area (Å²) in [7, 11) is 5.02. The van der Waals surface area contributed by atoms with Gasteiger partial charge < -0.3 is 25.0 Å². The van der Waals surface area contributed by atoms with E-state index in [0.717, 1.165) is 11.3 Å². The molecule has 0 aliphatic rings. The molecule has 0 spiro atoms. The number of likely N-dealkylation sites (N-methyl/N-ethyl adjacent to an activating group) is 1. The third-order valence-electron chi connectivity index (χ3n) is 4.54. The van der Waals surface area contributed by atoms with Crippen molar-refractivity contribution in [3.63, 3.8) is 0 Å². The fraction of sp³-hybridized carbons (Fsp3) is 0.391. The topological polar surface area (TPSA) is 75.2 Å². The van der Waals surface area contributed by atoms with Gasteiger partial charge in [-0.2, -0.15) is 0 Å². The van der Waals surface area contributed by atoms with Crippen LogP contribution in [0.2, 0.25) is 0 Å². The Morgan fingerprint density at radius 1 is 1.12 bits per heavy atom. The molecule has 0 fully saturated rings. The molecule has 0 saturated carbocycles. The van der Waals surface area contributed by atoms with Crippen molar-refractivity contribution in [2.45, 2.75) is 26.0 Å². The van der Waals surface area contributed by atoms with Crippen LogP contribution in [0.4, 0.5) is 4.39 Å². The predicted octanol–water partition coefficient (Wildman–Crippen LogP) is 3.43. The molecule has 0 saturated heterocycles. The number of hydrogen-bond donors (Lipinski definition) is 2. The highest BCUT2D eigenvalue weighted by Gasteiger charge is 2.11. The van der Waals surface area contributed by atoms with Gasteiger partial charge in [-0.3, -0.25) is 4.79 Å². The Morgan fingerprint density at radius 3 is 2.44 bits per heavy atom. The summed E-state index contributed by atoms with van der Waals surface area (Å²) in [5.41, 5.74) is 1.00. The van der Waals surface area contributed by atoms with Crippen molar-refractivity contribution in [2.75, 3.05) is 34.3 Å². The third kappa shape index (κ3) is 9.71. The Balaban J connectivity index is 0.00000512. The van der Waals surface area contributed by atoms with E-state index in [1.807, 2.05) is 31.2 Å². The highest BCUT2D eigenvalue weighted by Crippen LogP contribution is 2.15. The summed E-state index contributed by atoms with van der Waals surface area (Å²) >= 11 is 0. The second-order valence-electron chi connectivity index (χ2n) is 7.14. The molecule has 0 radical (unpaired) electrons. The van der Waals surface area contributed by atoms with Gasteiger partial charge >= 0.3 is 0 Å². The summed E-state index contributed by atoms with van der Waals surface area (Å²) in [6.45, 7) is 2.97. The maximum atomic E-state index is 13.4. The molecular formula is C23H32FIN4O3. The fourth-order valence-electron chi connectivity index (χ4n) is 2.61. The molecule has 1 unspecified atom stereocenters. The van der Waals surface area contributed by atoms with Crippen LogP contribution < -0.4 is 20.1 Å². The Labute approximate surface area is 206 Å². The summed E-state index contributed by atoms with van der Waals surface area (Å²) < 4.78 is 24.5. The average molecular weight is 558 g/mol. The number of rotatable bonds is 10. The van der Waals surface area contributed by atoms with Crippen molar-refractivity contribution in [3.8, 4) is 11.5 Å². The normalized spacial score (nSPS) is 11.7. The first-order chi connectivity index (χ1) is 14.9. The second-order valence-corrected chi connectivity index (χ2v) is 7.14. The van der Waals surface area contributed by atoms with E-state index in [2.05, 4.69) is 15.6 Å². The minimum Gasteiger partial charge on any atom is -0.497 e. The molecule has 7 nitrogen and oxygen atoms in total. The number of guanidine groups is 1. The Hall–Kier alpha value is -2.56. The van der Waals surface area contributed by atoms with Crippen LogP contribution in [-0.4, -0.2) is 57.2 Å². The van der Waals surface area contributed by atoms with E-state index in [-0.39, 0.29) is 48.3 Å². The quantitative estimate of drug-likeness (QED) is 0.266. The number of carbonyl (C=O) groups is 1. The van der Waals surface area contributed by atoms with Crippen molar-refractivity contribution in [1.82, 2.24) is 15.5 Å². The largest absolute Gasteiger partial charge is 0.497 e. The van der Waals surface area contributed by atoms with Crippen molar-refractivity contribution < 1.29 is 18.7 Å². The third-order valence-corrected chi connectivity index (χ3v) is 4.54. The molecule has 176 valence electrons. The van der Waals surface area contributed by atoms with Gasteiger partial charge in [0.1, 0.15) is 23.4 Å². The second kappa shape index (κ2) is 14.5. The van der Waals surface area contributed by atoms with Crippen molar-refractivity contribution in [3.05, 3.63) is 59.9 Å².